The molecular formula is C10H19N3S2. The Morgan fingerprint density at radius 2 is 2.27 bits per heavy atom. The van der Waals surface area contributed by atoms with Crippen molar-refractivity contribution in [3.8, 4) is 0 Å². The summed E-state index contributed by atoms with van der Waals surface area (Å²) in [5.41, 5.74) is 12.5. The monoisotopic (exact) mass is 245 g/mol. The summed E-state index contributed by atoms with van der Waals surface area (Å²) in [5.74, 6) is 0.512. The summed E-state index contributed by atoms with van der Waals surface area (Å²) >= 11 is 6.79. The second kappa shape index (κ2) is 5.61. The minimum Gasteiger partial charge on any atom is -0.375 e. The van der Waals surface area contributed by atoms with Gasteiger partial charge in [-0.25, -0.2) is 0 Å². The molecule has 5 heteroatoms. The van der Waals surface area contributed by atoms with Crippen LogP contribution >= 0.6 is 24.0 Å². The fourth-order valence-electron chi connectivity index (χ4n) is 1.78. The summed E-state index contributed by atoms with van der Waals surface area (Å²) in [4.78, 5) is 0. The van der Waals surface area contributed by atoms with Gasteiger partial charge in [0.25, 0.3) is 0 Å². The molecule has 1 aliphatic rings. The number of thiocarbonyl (C=S) groups is 1. The van der Waals surface area contributed by atoms with Gasteiger partial charge in [0, 0.05) is 22.1 Å². The van der Waals surface area contributed by atoms with Crippen LogP contribution in [0.15, 0.2) is 11.8 Å². The molecule has 3 atom stereocenters. The predicted molar refractivity (Wildman–Crippen MR) is 71.4 cm³/mol. The number of allylic oxidation sites excluding steroid dienone is 1. The molecule has 1 heterocycles. The molecule has 0 radical (unpaired) electrons. The van der Waals surface area contributed by atoms with E-state index in [0.717, 1.165) is 0 Å². The third-order valence-electron chi connectivity index (χ3n) is 2.58. The Balaban J connectivity index is 2.63. The van der Waals surface area contributed by atoms with Gasteiger partial charge in [-0.3, -0.25) is 5.43 Å². The lowest BCUT2D eigenvalue weighted by Crippen LogP contribution is -2.44. The quantitative estimate of drug-likeness (QED) is 0.522. The number of hydrogen-bond donors (Lipinski definition) is 3. The summed E-state index contributed by atoms with van der Waals surface area (Å²) in [6.07, 6.45) is 3.41. The number of hydrazine groups is 1. The molecule has 0 bridgehead atoms. The van der Waals surface area contributed by atoms with E-state index in [2.05, 4.69) is 37.7 Å². The molecule has 0 amide bonds. The highest BCUT2D eigenvalue weighted by atomic mass is 32.2. The van der Waals surface area contributed by atoms with Crippen molar-refractivity contribution in [2.75, 3.05) is 0 Å². The van der Waals surface area contributed by atoms with E-state index in [1.54, 1.807) is 0 Å². The van der Waals surface area contributed by atoms with Crippen molar-refractivity contribution >= 4 is 29.1 Å². The Morgan fingerprint density at radius 3 is 2.80 bits per heavy atom. The van der Waals surface area contributed by atoms with E-state index in [4.69, 9.17) is 18.0 Å². The molecule has 0 saturated carbocycles. The van der Waals surface area contributed by atoms with Gasteiger partial charge in [-0.05, 0) is 25.6 Å². The normalized spacial score (nSPS) is 30.6. The molecule has 1 rings (SSSR count). The van der Waals surface area contributed by atoms with Gasteiger partial charge in [0.05, 0.1) is 0 Å². The summed E-state index contributed by atoms with van der Waals surface area (Å²) in [5, 5.41) is 1.49. The highest BCUT2D eigenvalue weighted by Crippen LogP contribution is 2.35. The van der Waals surface area contributed by atoms with Crippen molar-refractivity contribution in [1.29, 1.82) is 0 Å². The fraction of sp³-hybridized carbons (Fsp3) is 0.700. The molecule has 0 fully saturated rings. The molecule has 0 unspecified atom stereocenters. The van der Waals surface area contributed by atoms with Crippen molar-refractivity contribution in [3.05, 3.63) is 11.8 Å². The van der Waals surface area contributed by atoms with E-state index in [0.29, 0.717) is 16.4 Å². The Hall–Kier alpha value is -0.420. The molecule has 0 aromatic carbocycles. The summed E-state index contributed by atoms with van der Waals surface area (Å²) in [6, 6.07) is 0. The Labute approximate surface area is 101 Å². The van der Waals surface area contributed by atoms with Crippen LogP contribution in [-0.2, 0) is 0 Å². The number of thioether (sulfide) groups is 1. The maximum absolute atomic E-state index is 5.38. The van der Waals surface area contributed by atoms with Crippen LogP contribution in [0.25, 0.3) is 0 Å². The fourth-order valence-corrected chi connectivity index (χ4v) is 3.18. The van der Waals surface area contributed by atoms with E-state index in [-0.39, 0.29) is 5.11 Å². The van der Waals surface area contributed by atoms with Gasteiger partial charge >= 0.3 is 0 Å². The van der Waals surface area contributed by atoms with E-state index < -0.39 is 0 Å². The summed E-state index contributed by atoms with van der Waals surface area (Å²) in [7, 11) is 0. The van der Waals surface area contributed by atoms with Crippen LogP contribution in [0.3, 0.4) is 0 Å². The van der Waals surface area contributed by atoms with Crippen molar-refractivity contribution in [2.24, 2.45) is 11.7 Å². The molecule has 0 saturated heterocycles. The van der Waals surface area contributed by atoms with Crippen LogP contribution in [0.5, 0.6) is 0 Å². The zero-order chi connectivity index (χ0) is 11.4. The molecule has 0 aromatic rings. The highest BCUT2D eigenvalue weighted by Gasteiger charge is 2.26. The first-order valence-electron chi connectivity index (χ1n) is 5.23. The second-order valence-corrected chi connectivity index (χ2v) is 5.87. The average Bonchev–Trinajstić information content (AvgIpc) is 2.18. The molecule has 3 nitrogen and oxygen atoms in total. The van der Waals surface area contributed by atoms with Gasteiger partial charge in [-0.2, -0.15) is 11.8 Å². The van der Waals surface area contributed by atoms with Crippen molar-refractivity contribution in [2.45, 2.75) is 37.7 Å². The number of nitrogens with two attached hydrogens (primary N) is 1. The molecule has 0 spiro atoms. The van der Waals surface area contributed by atoms with E-state index in [1.165, 1.54) is 12.1 Å². The Bertz CT molecular complexity index is 265. The molecule has 4 N–H and O–H groups in total. The molecule has 15 heavy (non-hydrogen) atoms. The van der Waals surface area contributed by atoms with Crippen molar-refractivity contribution in [3.63, 3.8) is 0 Å². The molecule has 1 aliphatic heterocycles. The van der Waals surface area contributed by atoms with Crippen LogP contribution in [0.4, 0.5) is 0 Å². The molecule has 86 valence electrons. The Kier molecular flexibility index (Phi) is 4.73. The van der Waals surface area contributed by atoms with Crippen LogP contribution in [0.1, 0.15) is 27.2 Å². The Morgan fingerprint density at radius 1 is 1.60 bits per heavy atom. The van der Waals surface area contributed by atoms with E-state index >= 15 is 0 Å². The third kappa shape index (κ3) is 3.57. The highest BCUT2D eigenvalue weighted by molar-refractivity contribution is 8.00. The first-order chi connectivity index (χ1) is 7.04. The van der Waals surface area contributed by atoms with Crippen LogP contribution in [0.2, 0.25) is 0 Å². The van der Waals surface area contributed by atoms with Crippen LogP contribution < -0.4 is 16.6 Å². The second-order valence-electron chi connectivity index (χ2n) is 3.81. The third-order valence-corrected chi connectivity index (χ3v) is 4.34. The van der Waals surface area contributed by atoms with E-state index in [9.17, 15) is 0 Å². The standard InChI is InChI=1S/C10H19N3S2/c1-4-9-7(3)8(5-6(2)15-9)12-13-10(11)14/h5-7,9,12H,4H2,1-3H3,(H3,11,13,14)/t6-,7-,9-/m0/s1. The van der Waals surface area contributed by atoms with Gasteiger partial charge in [-0.1, -0.05) is 19.9 Å². The van der Waals surface area contributed by atoms with E-state index in [1.807, 2.05) is 11.8 Å². The topological polar surface area (TPSA) is 50.1 Å². The minimum atomic E-state index is 0.280. The molecule has 0 aromatic heterocycles. The van der Waals surface area contributed by atoms with Gasteiger partial charge in [-0.15, -0.1) is 0 Å². The molecule has 0 aliphatic carbocycles. The van der Waals surface area contributed by atoms with Gasteiger partial charge in [0.2, 0.25) is 0 Å². The summed E-state index contributed by atoms with van der Waals surface area (Å²) in [6.45, 7) is 6.67. The van der Waals surface area contributed by atoms with Crippen molar-refractivity contribution in [1.82, 2.24) is 10.9 Å². The largest absolute Gasteiger partial charge is 0.375 e. The predicted octanol–water partition coefficient (Wildman–Crippen LogP) is 1.76. The maximum Gasteiger partial charge on any atom is 0.182 e. The summed E-state index contributed by atoms with van der Waals surface area (Å²) < 4.78 is 0. The SMILES string of the molecule is CC[C@@H]1S[C@@H](C)C=C(NNC(N)=S)[C@@H]1C. The van der Waals surface area contributed by atoms with Crippen LogP contribution in [-0.4, -0.2) is 15.6 Å². The van der Waals surface area contributed by atoms with Gasteiger partial charge < -0.3 is 11.2 Å². The van der Waals surface area contributed by atoms with Gasteiger partial charge in [0.1, 0.15) is 0 Å². The average molecular weight is 245 g/mol. The smallest absolute Gasteiger partial charge is 0.182 e. The zero-order valence-corrected chi connectivity index (χ0v) is 11.0. The lowest BCUT2D eigenvalue weighted by atomic mass is 10.00. The van der Waals surface area contributed by atoms with Crippen molar-refractivity contribution < 1.29 is 0 Å². The maximum atomic E-state index is 5.38. The lowest BCUT2D eigenvalue weighted by molar-refractivity contribution is 0.544. The van der Waals surface area contributed by atoms with Gasteiger partial charge in [0.15, 0.2) is 5.11 Å². The number of nitrogens with one attached hydrogen (secondary N) is 2. The first-order valence-corrected chi connectivity index (χ1v) is 6.58. The van der Waals surface area contributed by atoms with Crippen LogP contribution in [0, 0.1) is 5.92 Å². The molecular weight excluding hydrogens is 226 g/mol. The number of hydrogen-bond acceptors (Lipinski definition) is 3. The first kappa shape index (κ1) is 12.6. The zero-order valence-electron chi connectivity index (χ0n) is 9.41. The minimum absolute atomic E-state index is 0.280. The lowest BCUT2D eigenvalue weighted by Gasteiger charge is -2.32. The number of rotatable bonds is 3.